The minimum Gasteiger partial charge on any atom is -0.364 e. The molecule has 98 valence electrons. The second-order valence-electron chi connectivity index (χ2n) is 4.67. The number of hydrogen-bond donors (Lipinski definition) is 2. The molecule has 0 spiro atoms. The van der Waals surface area contributed by atoms with Crippen LogP contribution in [-0.4, -0.2) is 50.6 Å². The Kier molecular flexibility index (Phi) is 3.70. The first kappa shape index (κ1) is 12.8. The number of sulfone groups is 1. The SMILES string of the molecule is NCC1CCC(C(=O)NC2CCS(=O)(=O)C2)O1. The standard InChI is InChI=1S/C10H18N2O4S/c11-5-8-1-2-9(16-8)10(13)12-7-3-4-17(14,15)6-7/h7-9H,1-6,11H2,(H,12,13). The molecule has 0 aromatic heterocycles. The van der Waals surface area contributed by atoms with E-state index in [-0.39, 0.29) is 29.6 Å². The zero-order valence-electron chi connectivity index (χ0n) is 9.59. The lowest BCUT2D eigenvalue weighted by Crippen LogP contribution is -2.42. The van der Waals surface area contributed by atoms with Gasteiger partial charge in [-0.1, -0.05) is 0 Å². The summed E-state index contributed by atoms with van der Waals surface area (Å²) in [6, 6.07) is -0.256. The summed E-state index contributed by atoms with van der Waals surface area (Å²) in [6.07, 6.45) is 1.44. The summed E-state index contributed by atoms with van der Waals surface area (Å²) >= 11 is 0. The molecule has 0 bridgehead atoms. The molecule has 2 heterocycles. The van der Waals surface area contributed by atoms with Crippen molar-refractivity contribution < 1.29 is 17.9 Å². The number of carbonyl (C=O) groups is 1. The summed E-state index contributed by atoms with van der Waals surface area (Å²) in [6.45, 7) is 0.418. The van der Waals surface area contributed by atoms with Crippen molar-refractivity contribution in [2.75, 3.05) is 18.1 Å². The lowest BCUT2D eigenvalue weighted by molar-refractivity contribution is -0.132. The first-order valence-electron chi connectivity index (χ1n) is 5.86. The number of amides is 1. The van der Waals surface area contributed by atoms with E-state index in [0.29, 0.717) is 19.4 Å². The van der Waals surface area contributed by atoms with Crippen LogP contribution in [0.4, 0.5) is 0 Å². The van der Waals surface area contributed by atoms with E-state index in [2.05, 4.69) is 5.32 Å². The Balaban J connectivity index is 1.82. The fourth-order valence-electron chi connectivity index (χ4n) is 2.27. The van der Waals surface area contributed by atoms with Crippen molar-refractivity contribution in [2.24, 2.45) is 5.73 Å². The fraction of sp³-hybridized carbons (Fsp3) is 0.900. The van der Waals surface area contributed by atoms with Crippen molar-refractivity contribution in [1.29, 1.82) is 0 Å². The van der Waals surface area contributed by atoms with Crippen LogP contribution < -0.4 is 11.1 Å². The number of nitrogens with one attached hydrogen (secondary N) is 1. The first-order valence-corrected chi connectivity index (χ1v) is 7.68. The molecule has 0 saturated carbocycles. The summed E-state index contributed by atoms with van der Waals surface area (Å²) in [7, 11) is -2.96. The summed E-state index contributed by atoms with van der Waals surface area (Å²) in [5.74, 6) is 0.00349. The van der Waals surface area contributed by atoms with Gasteiger partial charge in [-0.15, -0.1) is 0 Å². The molecule has 1 amide bonds. The summed E-state index contributed by atoms with van der Waals surface area (Å²) < 4.78 is 27.9. The van der Waals surface area contributed by atoms with Crippen LogP contribution in [0.15, 0.2) is 0 Å². The maximum atomic E-state index is 11.8. The molecule has 17 heavy (non-hydrogen) atoms. The highest BCUT2D eigenvalue weighted by Crippen LogP contribution is 2.20. The maximum Gasteiger partial charge on any atom is 0.249 e. The van der Waals surface area contributed by atoms with Gasteiger partial charge < -0.3 is 15.8 Å². The van der Waals surface area contributed by atoms with Gasteiger partial charge in [0.05, 0.1) is 17.6 Å². The third-order valence-electron chi connectivity index (χ3n) is 3.24. The molecular formula is C10H18N2O4S. The molecule has 6 nitrogen and oxygen atoms in total. The van der Waals surface area contributed by atoms with Gasteiger partial charge in [0.25, 0.3) is 0 Å². The van der Waals surface area contributed by atoms with Crippen LogP contribution >= 0.6 is 0 Å². The van der Waals surface area contributed by atoms with Crippen molar-refractivity contribution in [3.8, 4) is 0 Å². The van der Waals surface area contributed by atoms with Crippen LogP contribution in [0.2, 0.25) is 0 Å². The minimum absolute atomic E-state index is 0.0435. The van der Waals surface area contributed by atoms with E-state index in [9.17, 15) is 13.2 Å². The Morgan fingerprint density at radius 1 is 1.35 bits per heavy atom. The van der Waals surface area contributed by atoms with Crippen molar-refractivity contribution in [3.63, 3.8) is 0 Å². The average Bonchev–Trinajstić information content (AvgIpc) is 2.85. The summed E-state index contributed by atoms with van der Waals surface area (Å²) in [5.41, 5.74) is 5.46. The van der Waals surface area contributed by atoms with Gasteiger partial charge in [-0.3, -0.25) is 4.79 Å². The van der Waals surface area contributed by atoms with E-state index in [1.165, 1.54) is 0 Å². The molecule has 3 N–H and O–H groups in total. The minimum atomic E-state index is -2.96. The molecule has 7 heteroatoms. The van der Waals surface area contributed by atoms with Crippen molar-refractivity contribution in [3.05, 3.63) is 0 Å². The molecule has 0 aromatic carbocycles. The molecule has 2 aliphatic heterocycles. The van der Waals surface area contributed by atoms with Gasteiger partial charge in [-0.2, -0.15) is 0 Å². The Hall–Kier alpha value is -0.660. The van der Waals surface area contributed by atoms with Crippen LogP contribution in [0.5, 0.6) is 0 Å². The Morgan fingerprint density at radius 2 is 2.12 bits per heavy atom. The van der Waals surface area contributed by atoms with Crippen molar-refractivity contribution >= 4 is 15.7 Å². The quantitative estimate of drug-likeness (QED) is 0.665. The Labute approximate surface area is 101 Å². The number of nitrogens with two attached hydrogens (primary N) is 1. The lowest BCUT2D eigenvalue weighted by atomic mass is 10.1. The largest absolute Gasteiger partial charge is 0.364 e. The second kappa shape index (κ2) is 4.91. The van der Waals surface area contributed by atoms with Gasteiger partial charge in [0.2, 0.25) is 5.91 Å². The zero-order chi connectivity index (χ0) is 12.5. The van der Waals surface area contributed by atoms with Crippen LogP contribution in [0.3, 0.4) is 0 Å². The molecule has 2 saturated heterocycles. The van der Waals surface area contributed by atoms with E-state index < -0.39 is 15.9 Å². The zero-order valence-corrected chi connectivity index (χ0v) is 10.4. The van der Waals surface area contributed by atoms with E-state index >= 15 is 0 Å². The van der Waals surface area contributed by atoms with Gasteiger partial charge in [0, 0.05) is 12.6 Å². The predicted molar refractivity (Wildman–Crippen MR) is 62.2 cm³/mol. The van der Waals surface area contributed by atoms with Crippen LogP contribution in [0.25, 0.3) is 0 Å². The molecule has 3 unspecified atom stereocenters. The smallest absolute Gasteiger partial charge is 0.249 e. The average molecular weight is 262 g/mol. The third kappa shape index (κ3) is 3.17. The number of ether oxygens (including phenoxy) is 1. The first-order chi connectivity index (χ1) is 8.00. The van der Waals surface area contributed by atoms with Crippen LogP contribution in [-0.2, 0) is 19.4 Å². The maximum absolute atomic E-state index is 11.8. The van der Waals surface area contributed by atoms with E-state index in [1.54, 1.807) is 0 Å². The molecular weight excluding hydrogens is 244 g/mol. The number of carbonyl (C=O) groups excluding carboxylic acids is 1. The molecule has 0 aliphatic carbocycles. The highest BCUT2D eigenvalue weighted by atomic mass is 32.2. The van der Waals surface area contributed by atoms with Gasteiger partial charge in [0.1, 0.15) is 6.10 Å². The topological polar surface area (TPSA) is 98.5 Å². The molecule has 2 aliphatic rings. The normalized spacial score (nSPS) is 35.9. The number of rotatable bonds is 3. The summed E-state index contributed by atoms with van der Waals surface area (Å²) in [5, 5.41) is 2.74. The van der Waals surface area contributed by atoms with Crippen LogP contribution in [0.1, 0.15) is 19.3 Å². The van der Waals surface area contributed by atoms with Gasteiger partial charge in [-0.25, -0.2) is 8.42 Å². The number of hydrogen-bond acceptors (Lipinski definition) is 5. The Morgan fingerprint density at radius 3 is 2.65 bits per heavy atom. The fourth-order valence-corrected chi connectivity index (χ4v) is 3.95. The molecule has 2 rings (SSSR count). The van der Waals surface area contributed by atoms with E-state index in [1.807, 2.05) is 0 Å². The highest BCUT2D eigenvalue weighted by Gasteiger charge is 2.34. The third-order valence-corrected chi connectivity index (χ3v) is 5.01. The molecule has 0 radical (unpaired) electrons. The summed E-state index contributed by atoms with van der Waals surface area (Å²) in [4.78, 5) is 11.8. The van der Waals surface area contributed by atoms with E-state index in [4.69, 9.17) is 10.5 Å². The van der Waals surface area contributed by atoms with Gasteiger partial charge >= 0.3 is 0 Å². The molecule has 0 aromatic rings. The monoisotopic (exact) mass is 262 g/mol. The highest BCUT2D eigenvalue weighted by molar-refractivity contribution is 7.91. The van der Waals surface area contributed by atoms with Crippen molar-refractivity contribution in [1.82, 2.24) is 5.32 Å². The second-order valence-corrected chi connectivity index (χ2v) is 6.90. The molecule has 3 atom stereocenters. The molecule has 2 fully saturated rings. The Bertz CT molecular complexity index is 395. The van der Waals surface area contributed by atoms with Crippen molar-refractivity contribution in [2.45, 2.75) is 37.5 Å². The van der Waals surface area contributed by atoms with Crippen LogP contribution in [0, 0.1) is 0 Å². The van der Waals surface area contributed by atoms with Gasteiger partial charge in [-0.05, 0) is 19.3 Å². The van der Waals surface area contributed by atoms with E-state index in [0.717, 1.165) is 6.42 Å². The predicted octanol–water partition coefficient (Wildman–Crippen LogP) is -1.20. The van der Waals surface area contributed by atoms with Gasteiger partial charge in [0.15, 0.2) is 9.84 Å². The lowest BCUT2D eigenvalue weighted by Gasteiger charge is -2.15.